The average molecular weight is 265 g/mol. The van der Waals surface area contributed by atoms with Gasteiger partial charge in [-0.2, -0.15) is 0 Å². The highest BCUT2D eigenvalue weighted by atomic mass is 16.5. The van der Waals surface area contributed by atoms with Gasteiger partial charge >= 0.3 is 0 Å². The monoisotopic (exact) mass is 265 g/mol. The van der Waals surface area contributed by atoms with E-state index in [1.807, 2.05) is 31.2 Å². The fraction of sp³-hybridized carbons (Fsp3) is 0.357. The van der Waals surface area contributed by atoms with Crippen molar-refractivity contribution in [3.8, 4) is 5.75 Å². The molecule has 19 heavy (non-hydrogen) atoms. The smallest absolute Gasteiger partial charge is 0.244 e. The number of amides is 1. The van der Waals surface area contributed by atoms with Gasteiger partial charge in [0.25, 0.3) is 0 Å². The van der Waals surface area contributed by atoms with E-state index in [9.17, 15) is 4.79 Å². The van der Waals surface area contributed by atoms with E-state index in [0.29, 0.717) is 12.4 Å². The van der Waals surface area contributed by atoms with Gasteiger partial charge in [0.2, 0.25) is 5.91 Å². The van der Waals surface area contributed by atoms with Crippen LogP contribution in [0.2, 0.25) is 0 Å². The SMILES string of the molecule is CCOc1ccccc1C=CC(=O)NC(CO)CO. The van der Waals surface area contributed by atoms with E-state index in [1.54, 1.807) is 6.08 Å². The van der Waals surface area contributed by atoms with Gasteiger partial charge in [-0.25, -0.2) is 0 Å². The molecule has 1 rings (SSSR count). The number of hydrogen-bond acceptors (Lipinski definition) is 4. The highest BCUT2D eigenvalue weighted by Gasteiger charge is 2.07. The molecule has 0 aromatic heterocycles. The molecule has 0 aliphatic carbocycles. The Bertz CT molecular complexity index is 427. The molecule has 5 nitrogen and oxygen atoms in total. The number of para-hydroxylation sites is 1. The van der Waals surface area contributed by atoms with Crippen LogP contribution >= 0.6 is 0 Å². The minimum absolute atomic E-state index is 0.300. The summed E-state index contributed by atoms with van der Waals surface area (Å²) in [4.78, 5) is 11.6. The number of aliphatic hydroxyl groups excluding tert-OH is 2. The van der Waals surface area contributed by atoms with Gasteiger partial charge in [-0.1, -0.05) is 18.2 Å². The molecule has 0 heterocycles. The third kappa shape index (κ3) is 5.11. The Morgan fingerprint density at radius 1 is 1.37 bits per heavy atom. The molecule has 3 N–H and O–H groups in total. The number of rotatable bonds is 7. The normalized spacial score (nSPS) is 10.9. The molecule has 1 aromatic rings. The molecule has 0 aliphatic heterocycles. The molecule has 0 saturated heterocycles. The first kappa shape index (κ1) is 15.2. The van der Waals surface area contributed by atoms with Gasteiger partial charge in [-0.05, 0) is 19.1 Å². The highest BCUT2D eigenvalue weighted by Crippen LogP contribution is 2.19. The summed E-state index contributed by atoms with van der Waals surface area (Å²) in [7, 11) is 0. The Labute approximate surface area is 112 Å². The third-order valence-electron chi connectivity index (χ3n) is 2.42. The number of nitrogens with one attached hydrogen (secondary N) is 1. The maximum absolute atomic E-state index is 11.6. The fourth-order valence-electron chi connectivity index (χ4n) is 1.47. The quantitative estimate of drug-likeness (QED) is 0.630. The Balaban J connectivity index is 2.68. The molecule has 5 heteroatoms. The summed E-state index contributed by atoms with van der Waals surface area (Å²) >= 11 is 0. The van der Waals surface area contributed by atoms with Crippen molar-refractivity contribution < 1.29 is 19.7 Å². The standard InChI is InChI=1S/C14H19NO4/c1-2-19-13-6-4-3-5-11(13)7-8-14(18)15-12(9-16)10-17/h3-8,12,16-17H,2,9-10H2,1H3,(H,15,18). The predicted octanol–water partition coefficient (Wildman–Crippen LogP) is 0.568. The van der Waals surface area contributed by atoms with E-state index in [-0.39, 0.29) is 19.1 Å². The van der Waals surface area contributed by atoms with Crippen molar-refractivity contribution in [2.45, 2.75) is 13.0 Å². The third-order valence-corrected chi connectivity index (χ3v) is 2.42. The van der Waals surface area contributed by atoms with Crippen LogP contribution in [0.5, 0.6) is 5.75 Å². The summed E-state index contributed by atoms with van der Waals surface area (Å²) in [5.41, 5.74) is 0.795. The first-order chi connectivity index (χ1) is 9.21. The highest BCUT2D eigenvalue weighted by molar-refractivity contribution is 5.92. The second-order valence-corrected chi connectivity index (χ2v) is 3.87. The molecule has 1 aromatic carbocycles. The van der Waals surface area contributed by atoms with E-state index in [2.05, 4.69) is 5.32 Å². The Kier molecular flexibility index (Phi) is 6.63. The lowest BCUT2D eigenvalue weighted by Crippen LogP contribution is -2.39. The zero-order chi connectivity index (χ0) is 14.1. The molecular weight excluding hydrogens is 246 g/mol. The van der Waals surface area contributed by atoms with Gasteiger partial charge < -0.3 is 20.3 Å². The summed E-state index contributed by atoms with van der Waals surface area (Å²) < 4.78 is 5.43. The lowest BCUT2D eigenvalue weighted by atomic mass is 10.2. The van der Waals surface area contributed by atoms with Crippen molar-refractivity contribution in [1.29, 1.82) is 0 Å². The minimum Gasteiger partial charge on any atom is -0.493 e. The Hall–Kier alpha value is -1.85. The first-order valence-corrected chi connectivity index (χ1v) is 6.13. The minimum atomic E-state index is -0.640. The van der Waals surface area contributed by atoms with Crippen LogP contribution in [0.4, 0.5) is 0 Å². The van der Waals surface area contributed by atoms with Crippen LogP contribution in [-0.2, 0) is 4.79 Å². The molecule has 0 saturated carbocycles. The molecule has 104 valence electrons. The van der Waals surface area contributed by atoms with Crippen molar-refractivity contribution in [3.63, 3.8) is 0 Å². The number of benzene rings is 1. The number of aliphatic hydroxyl groups is 2. The molecule has 0 aliphatic rings. The fourth-order valence-corrected chi connectivity index (χ4v) is 1.47. The zero-order valence-electron chi connectivity index (χ0n) is 10.9. The van der Waals surface area contributed by atoms with Crippen LogP contribution in [-0.4, -0.2) is 42.0 Å². The van der Waals surface area contributed by atoms with Crippen LogP contribution in [0, 0.1) is 0 Å². The largest absolute Gasteiger partial charge is 0.493 e. The van der Waals surface area contributed by atoms with Crippen LogP contribution in [0.1, 0.15) is 12.5 Å². The molecule has 0 bridgehead atoms. The Morgan fingerprint density at radius 3 is 2.68 bits per heavy atom. The van der Waals surface area contributed by atoms with Gasteiger partial charge in [0.05, 0.1) is 25.9 Å². The molecule has 0 spiro atoms. The summed E-state index contributed by atoms with van der Waals surface area (Å²) in [5.74, 6) is 0.328. The molecule has 0 unspecified atom stereocenters. The van der Waals surface area contributed by atoms with Gasteiger partial charge in [0.1, 0.15) is 5.75 Å². The Morgan fingerprint density at radius 2 is 2.05 bits per heavy atom. The number of ether oxygens (including phenoxy) is 1. The topological polar surface area (TPSA) is 78.8 Å². The predicted molar refractivity (Wildman–Crippen MR) is 72.7 cm³/mol. The first-order valence-electron chi connectivity index (χ1n) is 6.13. The summed E-state index contributed by atoms with van der Waals surface area (Å²) in [6.07, 6.45) is 2.97. The number of carbonyl (C=O) groups is 1. The molecule has 0 radical (unpaired) electrons. The molecular formula is C14H19NO4. The van der Waals surface area contributed by atoms with Crippen LogP contribution in [0.25, 0.3) is 6.08 Å². The second kappa shape index (κ2) is 8.29. The van der Waals surface area contributed by atoms with Crippen LogP contribution in [0.15, 0.2) is 30.3 Å². The second-order valence-electron chi connectivity index (χ2n) is 3.87. The van der Waals surface area contributed by atoms with Crippen molar-refractivity contribution in [2.24, 2.45) is 0 Å². The number of hydrogen-bond donors (Lipinski definition) is 3. The molecule has 1 amide bonds. The van der Waals surface area contributed by atoms with Crippen molar-refractivity contribution in [3.05, 3.63) is 35.9 Å². The van der Waals surface area contributed by atoms with Gasteiger partial charge in [0, 0.05) is 11.6 Å². The maximum atomic E-state index is 11.6. The maximum Gasteiger partial charge on any atom is 0.244 e. The summed E-state index contributed by atoms with van der Waals surface area (Å²) in [5, 5.41) is 20.2. The average Bonchev–Trinajstić information content (AvgIpc) is 2.44. The van der Waals surface area contributed by atoms with Crippen molar-refractivity contribution >= 4 is 12.0 Å². The lowest BCUT2D eigenvalue weighted by Gasteiger charge is -2.11. The lowest BCUT2D eigenvalue weighted by molar-refractivity contribution is -0.117. The van der Waals surface area contributed by atoms with Crippen LogP contribution < -0.4 is 10.1 Å². The van der Waals surface area contributed by atoms with E-state index in [1.165, 1.54) is 6.08 Å². The summed E-state index contributed by atoms with van der Waals surface area (Å²) in [6.45, 7) is 1.84. The van der Waals surface area contributed by atoms with E-state index in [0.717, 1.165) is 5.56 Å². The van der Waals surface area contributed by atoms with Gasteiger partial charge in [-0.3, -0.25) is 4.79 Å². The van der Waals surface area contributed by atoms with E-state index >= 15 is 0 Å². The van der Waals surface area contributed by atoms with Crippen LogP contribution in [0.3, 0.4) is 0 Å². The molecule has 0 atom stereocenters. The van der Waals surface area contributed by atoms with Gasteiger partial charge in [0.15, 0.2) is 0 Å². The number of carbonyl (C=O) groups excluding carboxylic acids is 1. The van der Waals surface area contributed by atoms with E-state index in [4.69, 9.17) is 14.9 Å². The van der Waals surface area contributed by atoms with Crippen molar-refractivity contribution in [1.82, 2.24) is 5.32 Å². The van der Waals surface area contributed by atoms with Crippen molar-refractivity contribution in [2.75, 3.05) is 19.8 Å². The zero-order valence-corrected chi connectivity index (χ0v) is 10.9. The molecule has 0 fully saturated rings. The van der Waals surface area contributed by atoms with E-state index < -0.39 is 6.04 Å². The summed E-state index contributed by atoms with van der Waals surface area (Å²) in [6, 6.07) is 6.73. The van der Waals surface area contributed by atoms with Gasteiger partial charge in [-0.15, -0.1) is 0 Å².